The van der Waals surface area contributed by atoms with Crippen molar-refractivity contribution in [3.8, 4) is 11.5 Å². The highest BCUT2D eigenvalue weighted by molar-refractivity contribution is 9.10. The van der Waals surface area contributed by atoms with Gasteiger partial charge >= 0.3 is 0 Å². The summed E-state index contributed by atoms with van der Waals surface area (Å²) in [7, 11) is 0. The molecule has 0 aliphatic carbocycles. The first kappa shape index (κ1) is 23.8. The third kappa shape index (κ3) is 7.35. The van der Waals surface area contributed by atoms with Crippen LogP contribution in [0.2, 0.25) is 0 Å². The fraction of sp³-hybridized carbons (Fsp3) is 0.200. The van der Waals surface area contributed by atoms with E-state index < -0.39 is 0 Å². The van der Waals surface area contributed by atoms with E-state index in [1.165, 1.54) is 0 Å². The second-order valence-corrected chi connectivity index (χ2v) is 8.38. The van der Waals surface area contributed by atoms with Gasteiger partial charge < -0.3 is 14.8 Å². The zero-order chi connectivity index (χ0) is 22.8. The lowest BCUT2D eigenvalue weighted by molar-refractivity contribution is 0.0973. The van der Waals surface area contributed by atoms with E-state index in [1.54, 1.807) is 12.1 Å². The van der Waals surface area contributed by atoms with Crippen molar-refractivity contribution in [2.24, 2.45) is 0 Å². The number of carbonyl (C=O) groups excluding carboxylic acids is 1. The summed E-state index contributed by atoms with van der Waals surface area (Å²) in [6, 6.07) is 22.7. The fourth-order valence-corrected chi connectivity index (χ4v) is 3.44. The largest absolute Gasteiger partial charge is 0.493 e. The lowest BCUT2D eigenvalue weighted by atomic mass is 10.2. The van der Waals surface area contributed by atoms with Gasteiger partial charge in [0.1, 0.15) is 18.1 Å². The second-order valence-electron chi connectivity index (χ2n) is 7.05. The number of amides is 1. The average Bonchev–Trinajstić information content (AvgIpc) is 2.79. The van der Waals surface area contributed by atoms with Crippen LogP contribution >= 0.6 is 28.1 Å². The fourth-order valence-electron chi connectivity index (χ4n) is 2.87. The molecule has 32 heavy (non-hydrogen) atoms. The quantitative estimate of drug-likeness (QED) is 0.259. The van der Waals surface area contributed by atoms with E-state index in [0.29, 0.717) is 30.3 Å². The minimum Gasteiger partial charge on any atom is -0.493 e. The number of anilines is 1. The molecular formula is C25H25BrN2O3S. The van der Waals surface area contributed by atoms with Gasteiger partial charge in [-0.2, -0.15) is 0 Å². The Morgan fingerprint density at radius 1 is 1.00 bits per heavy atom. The molecule has 0 aliphatic rings. The maximum absolute atomic E-state index is 12.8. The summed E-state index contributed by atoms with van der Waals surface area (Å²) in [6.07, 6.45) is 1.93. The zero-order valence-electron chi connectivity index (χ0n) is 17.8. The van der Waals surface area contributed by atoms with Crippen LogP contribution in [0.4, 0.5) is 5.69 Å². The van der Waals surface area contributed by atoms with Gasteiger partial charge in [-0.05, 0) is 54.5 Å². The number of hydrogen-bond donors (Lipinski definition) is 2. The van der Waals surface area contributed by atoms with Gasteiger partial charge in [0.25, 0.3) is 5.91 Å². The van der Waals surface area contributed by atoms with Crippen LogP contribution in [0.3, 0.4) is 0 Å². The van der Waals surface area contributed by atoms with Crippen LogP contribution in [-0.4, -0.2) is 17.6 Å². The summed E-state index contributed by atoms with van der Waals surface area (Å²) in [5, 5.41) is 5.94. The third-order valence-electron chi connectivity index (χ3n) is 4.51. The molecule has 0 saturated carbocycles. The lowest BCUT2D eigenvalue weighted by Crippen LogP contribution is -2.34. The molecule has 0 radical (unpaired) electrons. The van der Waals surface area contributed by atoms with Crippen LogP contribution in [0.25, 0.3) is 0 Å². The van der Waals surface area contributed by atoms with Gasteiger partial charge in [-0.3, -0.25) is 10.1 Å². The van der Waals surface area contributed by atoms with Crippen LogP contribution in [0, 0.1) is 0 Å². The molecule has 0 atom stereocenters. The van der Waals surface area contributed by atoms with Gasteiger partial charge in [0.05, 0.1) is 12.2 Å². The molecule has 3 aromatic rings. The highest BCUT2D eigenvalue weighted by Crippen LogP contribution is 2.24. The number of halogens is 1. The summed E-state index contributed by atoms with van der Waals surface area (Å²) < 4.78 is 12.4. The standard InChI is InChI=1S/C25H25BrN2O3S/c1-2-3-14-30-23-13-12-19(26)15-22(23)24(29)28-25(32)27-20-10-7-11-21(16-20)31-17-18-8-5-4-6-9-18/h4-13,15-16H,2-3,14,17H2,1H3,(H2,27,28,29,32). The maximum Gasteiger partial charge on any atom is 0.261 e. The van der Waals surface area contributed by atoms with Crippen LogP contribution < -0.4 is 20.1 Å². The van der Waals surface area contributed by atoms with Crippen LogP contribution in [0.1, 0.15) is 35.7 Å². The Bertz CT molecular complexity index is 1060. The number of benzene rings is 3. The Morgan fingerprint density at radius 2 is 1.81 bits per heavy atom. The molecule has 0 bridgehead atoms. The normalized spacial score (nSPS) is 10.3. The van der Waals surface area contributed by atoms with Gasteiger partial charge in [0, 0.05) is 16.2 Å². The van der Waals surface area contributed by atoms with E-state index >= 15 is 0 Å². The Hall–Kier alpha value is -2.90. The predicted octanol–water partition coefficient (Wildman–Crippen LogP) is 6.33. The van der Waals surface area contributed by atoms with E-state index in [2.05, 4.69) is 33.5 Å². The minimum absolute atomic E-state index is 0.190. The molecule has 2 N–H and O–H groups in total. The molecule has 0 aromatic heterocycles. The number of ether oxygens (including phenoxy) is 2. The topological polar surface area (TPSA) is 59.6 Å². The van der Waals surface area contributed by atoms with Crippen molar-refractivity contribution in [3.05, 3.63) is 88.4 Å². The first-order valence-electron chi connectivity index (χ1n) is 10.4. The monoisotopic (exact) mass is 512 g/mol. The Morgan fingerprint density at radius 3 is 2.59 bits per heavy atom. The molecule has 0 fully saturated rings. The molecular weight excluding hydrogens is 488 g/mol. The average molecular weight is 513 g/mol. The molecule has 0 aliphatic heterocycles. The smallest absolute Gasteiger partial charge is 0.261 e. The number of thiocarbonyl (C=S) groups is 1. The van der Waals surface area contributed by atoms with Gasteiger partial charge in [-0.25, -0.2) is 0 Å². The Kier molecular flexibility index (Phi) is 9.07. The van der Waals surface area contributed by atoms with Gasteiger partial charge in [-0.15, -0.1) is 0 Å². The number of rotatable bonds is 9. The number of nitrogens with one attached hydrogen (secondary N) is 2. The SMILES string of the molecule is CCCCOc1ccc(Br)cc1C(=O)NC(=S)Nc1cccc(OCc2ccccc2)c1. The van der Waals surface area contributed by atoms with Crippen molar-refractivity contribution in [2.75, 3.05) is 11.9 Å². The van der Waals surface area contributed by atoms with Gasteiger partial charge in [0.2, 0.25) is 0 Å². The highest BCUT2D eigenvalue weighted by atomic mass is 79.9. The van der Waals surface area contributed by atoms with E-state index in [-0.39, 0.29) is 11.0 Å². The van der Waals surface area contributed by atoms with E-state index in [0.717, 1.165) is 28.6 Å². The van der Waals surface area contributed by atoms with Crippen molar-refractivity contribution in [3.63, 3.8) is 0 Å². The number of carbonyl (C=O) groups is 1. The van der Waals surface area contributed by atoms with Crippen LogP contribution in [0.15, 0.2) is 77.3 Å². The lowest BCUT2D eigenvalue weighted by Gasteiger charge is -2.14. The van der Waals surface area contributed by atoms with Crippen molar-refractivity contribution < 1.29 is 14.3 Å². The van der Waals surface area contributed by atoms with Gasteiger partial charge in [0.15, 0.2) is 5.11 Å². The first-order valence-corrected chi connectivity index (χ1v) is 11.6. The zero-order valence-corrected chi connectivity index (χ0v) is 20.2. The van der Waals surface area contributed by atoms with Crippen molar-refractivity contribution in [1.82, 2.24) is 5.32 Å². The summed E-state index contributed by atoms with van der Waals surface area (Å²) >= 11 is 8.75. The van der Waals surface area contributed by atoms with E-state index in [4.69, 9.17) is 21.7 Å². The van der Waals surface area contributed by atoms with Gasteiger partial charge in [-0.1, -0.05) is 65.7 Å². The van der Waals surface area contributed by atoms with E-state index in [1.807, 2.05) is 60.7 Å². The van der Waals surface area contributed by atoms with E-state index in [9.17, 15) is 4.79 Å². The molecule has 3 aromatic carbocycles. The number of unbranched alkanes of at least 4 members (excludes halogenated alkanes) is 1. The molecule has 166 valence electrons. The molecule has 3 rings (SSSR count). The summed E-state index contributed by atoms with van der Waals surface area (Å²) in [5.41, 5.74) is 2.22. The van der Waals surface area contributed by atoms with Crippen molar-refractivity contribution in [2.45, 2.75) is 26.4 Å². The molecule has 0 unspecified atom stereocenters. The molecule has 7 heteroatoms. The Labute approximate surface area is 202 Å². The van der Waals surface area contributed by atoms with Crippen molar-refractivity contribution in [1.29, 1.82) is 0 Å². The summed E-state index contributed by atoms with van der Waals surface area (Å²) in [6.45, 7) is 3.11. The molecule has 1 amide bonds. The minimum atomic E-state index is -0.341. The summed E-state index contributed by atoms with van der Waals surface area (Å²) in [5.74, 6) is 0.886. The van der Waals surface area contributed by atoms with Crippen LogP contribution in [-0.2, 0) is 6.61 Å². The Balaban J connectivity index is 1.60. The molecule has 5 nitrogen and oxygen atoms in total. The first-order chi connectivity index (χ1) is 15.5. The third-order valence-corrected chi connectivity index (χ3v) is 5.21. The summed E-state index contributed by atoms with van der Waals surface area (Å²) in [4.78, 5) is 12.8. The van der Waals surface area contributed by atoms with Crippen LogP contribution in [0.5, 0.6) is 11.5 Å². The molecule has 0 saturated heterocycles. The van der Waals surface area contributed by atoms with Crippen molar-refractivity contribution >= 4 is 44.9 Å². The predicted molar refractivity (Wildman–Crippen MR) is 135 cm³/mol. The second kappa shape index (κ2) is 12.2. The molecule has 0 spiro atoms. The number of hydrogen-bond acceptors (Lipinski definition) is 4. The molecule has 0 heterocycles. The highest BCUT2D eigenvalue weighted by Gasteiger charge is 2.15. The maximum atomic E-state index is 12.8.